The number of piperidine rings is 1. The zero-order valence-electron chi connectivity index (χ0n) is 19.8. The molecule has 7 nitrogen and oxygen atoms in total. The van der Waals surface area contributed by atoms with E-state index < -0.39 is 45.4 Å². The molecule has 4 atom stereocenters. The Morgan fingerprint density at radius 1 is 1.08 bits per heavy atom. The van der Waals surface area contributed by atoms with Crippen molar-refractivity contribution in [3.63, 3.8) is 0 Å². The number of likely N-dealkylation sites (tertiary alicyclic amines) is 1. The van der Waals surface area contributed by atoms with Crippen LogP contribution in [-0.2, 0) is 19.4 Å². The molecule has 1 aliphatic heterocycles. The number of fused-ring (bicyclic) bond motifs is 1. The first-order chi connectivity index (χ1) is 16.9. The van der Waals surface area contributed by atoms with Gasteiger partial charge in [0, 0.05) is 36.3 Å². The van der Waals surface area contributed by atoms with E-state index in [1.54, 1.807) is 0 Å². The highest BCUT2D eigenvalue weighted by molar-refractivity contribution is 7.90. The van der Waals surface area contributed by atoms with E-state index in [1.165, 1.54) is 36.1 Å². The number of rotatable bonds is 6. The van der Waals surface area contributed by atoms with Gasteiger partial charge in [-0.05, 0) is 67.5 Å². The quantitative estimate of drug-likeness (QED) is 0.636. The predicted octanol–water partition coefficient (Wildman–Crippen LogP) is 3.12. The van der Waals surface area contributed by atoms with Crippen molar-refractivity contribution >= 4 is 27.4 Å². The number of nitrogens with zero attached hydrogens (tertiary/aromatic N) is 1. The molecule has 0 radical (unpaired) electrons. The summed E-state index contributed by atoms with van der Waals surface area (Å²) in [5, 5.41) is 2.81. The molecule has 0 aromatic heterocycles. The van der Waals surface area contributed by atoms with Crippen LogP contribution in [0.2, 0.25) is 0 Å². The van der Waals surface area contributed by atoms with Crippen LogP contribution < -0.4 is 5.32 Å². The summed E-state index contributed by atoms with van der Waals surface area (Å²) in [4.78, 5) is 40.0. The second-order valence-electron chi connectivity index (χ2n) is 10.1. The fourth-order valence-electron chi connectivity index (χ4n) is 5.35. The topological polar surface area (TPSA) is 101 Å². The van der Waals surface area contributed by atoms with Crippen LogP contribution in [0.5, 0.6) is 0 Å². The molecule has 190 valence electrons. The van der Waals surface area contributed by atoms with E-state index in [0.717, 1.165) is 24.8 Å². The Morgan fingerprint density at radius 2 is 1.81 bits per heavy atom. The molecule has 2 saturated carbocycles. The third kappa shape index (κ3) is 4.42. The van der Waals surface area contributed by atoms with E-state index in [2.05, 4.69) is 5.32 Å². The smallest absolute Gasteiger partial charge is 0.254 e. The standard InChI is InChI=1S/C26H26F2N2O5S/c1-13-6-21(28)19(12-20(13)27)24(16-7-17(31)8-16)29-25(32)23-11-15-10-22(15)30(23)26(33)14-4-3-5-18(9-14)36(2,34)35/h3-6,9,12,15-16,22-24H,7-8,10-11H2,1-2H3,(H,29,32)/t15-,22-,23-,24-/m1/s1. The van der Waals surface area contributed by atoms with Crippen LogP contribution in [0.25, 0.3) is 0 Å². The van der Waals surface area contributed by atoms with Crippen molar-refractivity contribution in [3.05, 3.63) is 64.7 Å². The number of amides is 2. The Bertz CT molecular complexity index is 1380. The third-order valence-electron chi connectivity index (χ3n) is 7.51. The van der Waals surface area contributed by atoms with Crippen molar-refractivity contribution in [2.45, 2.75) is 55.6 Å². The molecular formula is C26H26F2N2O5S. The second-order valence-corrected chi connectivity index (χ2v) is 12.2. The molecule has 36 heavy (non-hydrogen) atoms. The van der Waals surface area contributed by atoms with Crippen LogP contribution in [0.3, 0.4) is 0 Å². The van der Waals surface area contributed by atoms with Crippen LogP contribution in [-0.4, -0.2) is 49.3 Å². The van der Waals surface area contributed by atoms with Gasteiger partial charge in [-0.25, -0.2) is 17.2 Å². The minimum absolute atomic E-state index is 0.00693. The normalized spacial score (nSPS) is 24.2. The number of nitrogens with one attached hydrogen (secondary N) is 1. The number of benzene rings is 2. The first-order valence-electron chi connectivity index (χ1n) is 11.8. The number of aryl methyl sites for hydroxylation is 1. The first kappa shape index (κ1) is 24.5. The molecule has 1 saturated heterocycles. The summed E-state index contributed by atoms with van der Waals surface area (Å²) in [5.74, 6) is -2.46. The summed E-state index contributed by atoms with van der Waals surface area (Å²) in [6.07, 6.45) is 2.53. The molecule has 3 aliphatic rings. The predicted molar refractivity (Wildman–Crippen MR) is 126 cm³/mol. The molecule has 1 heterocycles. The van der Waals surface area contributed by atoms with Gasteiger partial charge in [0.05, 0.1) is 10.9 Å². The minimum atomic E-state index is -3.53. The van der Waals surface area contributed by atoms with E-state index >= 15 is 0 Å². The molecule has 2 aromatic carbocycles. The highest BCUT2D eigenvalue weighted by Gasteiger charge is 2.56. The van der Waals surface area contributed by atoms with Crippen molar-refractivity contribution in [1.82, 2.24) is 10.2 Å². The van der Waals surface area contributed by atoms with Gasteiger partial charge in [-0.1, -0.05) is 6.07 Å². The third-order valence-corrected chi connectivity index (χ3v) is 8.62. The van der Waals surface area contributed by atoms with E-state index in [1.807, 2.05) is 0 Å². The van der Waals surface area contributed by atoms with Crippen LogP contribution in [0.4, 0.5) is 8.78 Å². The zero-order valence-corrected chi connectivity index (χ0v) is 20.6. The molecule has 10 heteroatoms. The lowest BCUT2D eigenvalue weighted by Gasteiger charge is -2.36. The molecule has 0 bridgehead atoms. The van der Waals surface area contributed by atoms with Gasteiger partial charge < -0.3 is 10.2 Å². The molecule has 2 aliphatic carbocycles. The number of Topliss-reactive ketones (excluding diaryl/α,β-unsaturated/α-hetero) is 1. The zero-order chi connectivity index (χ0) is 25.9. The Kier molecular flexibility index (Phi) is 5.97. The van der Waals surface area contributed by atoms with Gasteiger partial charge in [0.1, 0.15) is 23.5 Å². The average molecular weight is 517 g/mol. The fraction of sp³-hybridized carbons (Fsp3) is 0.423. The van der Waals surface area contributed by atoms with E-state index in [0.29, 0.717) is 6.42 Å². The number of ketones is 1. The second kappa shape index (κ2) is 8.76. The SMILES string of the molecule is Cc1cc(F)c([C@H](NC(=O)[C@H]2C[C@H]3C[C@H]3N2C(=O)c2cccc(S(C)(=O)=O)c2)C2CC(=O)C2)cc1F. The molecule has 2 amide bonds. The number of carbonyl (C=O) groups is 3. The Balaban J connectivity index is 1.41. The molecule has 3 fully saturated rings. The molecular weight excluding hydrogens is 490 g/mol. The Labute approximate surface area is 207 Å². The van der Waals surface area contributed by atoms with Crippen molar-refractivity contribution in [1.29, 1.82) is 0 Å². The van der Waals surface area contributed by atoms with Gasteiger partial charge >= 0.3 is 0 Å². The van der Waals surface area contributed by atoms with Gasteiger partial charge in [-0.3, -0.25) is 14.4 Å². The van der Waals surface area contributed by atoms with Crippen LogP contribution in [0.1, 0.15) is 53.2 Å². The largest absolute Gasteiger partial charge is 0.347 e. The number of halogens is 2. The minimum Gasteiger partial charge on any atom is -0.347 e. The van der Waals surface area contributed by atoms with Gasteiger partial charge in [0.25, 0.3) is 5.91 Å². The summed E-state index contributed by atoms with van der Waals surface area (Å²) in [6, 6.07) is 5.95. The number of hydrogen-bond donors (Lipinski definition) is 1. The lowest BCUT2D eigenvalue weighted by molar-refractivity contribution is -0.131. The van der Waals surface area contributed by atoms with Gasteiger partial charge in [0.15, 0.2) is 9.84 Å². The van der Waals surface area contributed by atoms with E-state index in [9.17, 15) is 31.6 Å². The molecule has 2 aromatic rings. The summed E-state index contributed by atoms with van der Waals surface area (Å²) in [7, 11) is -3.53. The lowest BCUT2D eigenvalue weighted by Crippen LogP contribution is -2.50. The van der Waals surface area contributed by atoms with Gasteiger partial charge in [-0.2, -0.15) is 0 Å². The van der Waals surface area contributed by atoms with Crippen molar-refractivity contribution in [2.24, 2.45) is 11.8 Å². The number of hydrogen-bond acceptors (Lipinski definition) is 5. The monoisotopic (exact) mass is 516 g/mol. The number of sulfone groups is 1. The van der Waals surface area contributed by atoms with Crippen molar-refractivity contribution in [2.75, 3.05) is 6.26 Å². The lowest BCUT2D eigenvalue weighted by atomic mass is 9.75. The summed E-state index contributed by atoms with van der Waals surface area (Å²) in [6.45, 7) is 1.44. The molecule has 0 unspecified atom stereocenters. The van der Waals surface area contributed by atoms with Gasteiger partial charge in [-0.15, -0.1) is 0 Å². The maximum absolute atomic E-state index is 14.8. The molecule has 0 spiro atoms. The van der Waals surface area contributed by atoms with Crippen molar-refractivity contribution in [3.8, 4) is 0 Å². The van der Waals surface area contributed by atoms with Crippen LogP contribution >= 0.6 is 0 Å². The highest BCUT2D eigenvalue weighted by atomic mass is 32.2. The van der Waals surface area contributed by atoms with Crippen molar-refractivity contribution < 1.29 is 31.6 Å². The fourth-order valence-corrected chi connectivity index (χ4v) is 6.02. The summed E-state index contributed by atoms with van der Waals surface area (Å²) in [5.41, 5.74) is 0.275. The summed E-state index contributed by atoms with van der Waals surface area (Å²) >= 11 is 0. The maximum Gasteiger partial charge on any atom is 0.254 e. The maximum atomic E-state index is 14.8. The van der Waals surface area contributed by atoms with E-state index in [-0.39, 0.29) is 58.1 Å². The summed E-state index contributed by atoms with van der Waals surface area (Å²) < 4.78 is 53.1. The highest BCUT2D eigenvalue weighted by Crippen LogP contribution is 2.49. The Morgan fingerprint density at radius 3 is 2.47 bits per heavy atom. The van der Waals surface area contributed by atoms with Crippen LogP contribution in [0, 0.1) is 30.4 Å². The number of carbonyl (C=O) groups excluding carboxylic acids is 3. The molecule has 1 N–H and O–H groups in total. The first-order valence-corrected chi connectivity index (χ1v) is 13.7. The average Bonchev–Trinajstić information content (AvgIpc) is 3.46. The van der Waals surface area contributed by atoms with E-state index in [4.69, 9.17) is 0 Å². The molecule has 5 rings (SSSR count). The Hall–Kier alpha value is -3.14. The van der Waals surface area contributed by atoms with Gasteiger partial charge in [0.2, 0.25) is 5.91 Å². The van der Waals surface area contributed by atoms with Crippen LogP contribution in [0.15, 0.2) is 41.3 Å².